The molecule has 116 valence electrons. The molecule has 0 fully saturated rings. The zero-order valence-corrected chi connectivity index (χ0v) is 14.2. The van der Waals surface area contributed by atoms with Crippen molar-refractivity contribution in [1.82, 2.24) is 15.1 Å². The van der Waals surface area contributed by atoms with Crippen LogP contribution in [0.4, 0.5) is 0 Å². The number of methoxy groups -OCH3 is 1. The molecule has 0 aromatic carbocycles. The number of aryl methyl sites for hydroxylation is 1. The van der Waals surface area contributed by atoms with Gasteiger partial charge in [-0.15, -0.1) is 0 Å². The summed E-state index contributed by atoms with van der Waals surface area (Å²) in [6, 6.07) is 0. The summed E-state index contributed by atoms with van der Waals surface area (Å²) in [6.45, 7) is 13.8. The Kier molecular flexibility index (Phi) is 5.78. The van der Waals surface area contributed by atoms with Gasteiger partial charge in [0.1, 0.15) is 0 Å². The fourth-order valence-corrected chi connectivity index (χ4v) is 2.30. The summed E-state index contributed by atoms with van der Waals surface area (Å²) < 4.78 is 7.08. The molecule has 0 aliphatic carbocycles. The highest BCUT2D eigenvalue weighted by Crippen LogP contribution is 2.24. The lowest BCUT2D eigenvalue weighted by Crippen LogP contribution is -2.30. The van der Waals surface area contributed by atoms with Crippen molar-refractivity contribution in [3.63, 3.8) is 0 Å². The molecular weight excluding hydrogens is 250 g/mol. The van der Waals surface area contributed by atoms with E-state index in [9.17, 15) is 0 Å². The van der Waals surface area contributed by atoms with Crippen LogP contribution in [0.1, 0.15) is 52.3 Å². The van der Waals surface area contributed by atoms with Gasteiger partial charge in [-0.2, -0.15) is 5.10 Å². The Morgan fingerprint density at radius 1 is 1.25 bits per heavy atom. The molecule has 0 radical (unpaired) electrons. The maximum atomic E-state index is 5.17. The van der Waals surface area contributed by atoms with Crippen molar-refractivity contribution in [1.29, 1.82) is 0 Å². The molecule has 0 saturated heterocycles. The largest absolute Gasteiger partial charge is 0.385 e. The summed E-state index contributed by atoms with van der Waals surface area (Å²) in [5.41, 5.74) is 2.81. The van der Waals surface area contributed by atoms with Gasteiger partial charge in [0.25, 0.3) is 0 Å². The van der Waals surface area contributed by atoms with Gasteiger partial charge in [-0.3, -0.25) is 4.68 Å². The molecule has 0 spiro atoms. The van der Waals surface area contributed by atoms with Crippen LogP contribution >= 0.6 is 0 Å². The van der Waals surface area contributed by atoms with Crippen LogP contribution in [-0.4, -0.2) is 30.0 Å². The van der Waals surface area contributed by atoms with Gasteiger partial charge in [0.15, 0.2) is 0 Å². The van der Waals surface area contributed by atoms with Crippen molar-refractivity contribution >= 4 is 0 Å². The van der Waals surface area contributed by atoms with Gasteiger partial charge in [-0.25, -0.2) is 0 Å². The van der Waals surface area contributed by atoms with Crippen LogP contribution < -0.4 is 5.32 Å². The van der Waals surface area contributed by atoms with E-state index in [1.165, 1.54) is 11.3 Å². The van der Waals surface area contributed by atoms with Gasteiger partial charge in [-0.05, 0) is 11.8 Å². The van der Waals surface area contributed by atoms with Crippen LogP contribution in [0.15, 0.2) is 6.20 Å². The molecule has 0 atom stereocenters. The van der Waals surface area contributed by atoms with Gasteiger partial charge in [0.2, 0.25) is 0 Å². The third-order valence-electron chi connectivity index (χ3n) is 3.52. The minimum atomic E-state index is 0.0871. The van der Waals surface area contributed by atoms with E-state index in [0.717, 1.165) is 26.1 Å². The van der Waals surface area contributed by atoms with Crippen molar-refractivity contribution in [2.45, 2.75) is 53.0 Å². The summed E-state index contributed by atoms with van der Waals surface area (Å²) in [6.07, 6.45) is 3.19. The molecule has 20 heavy (non-hydrogen) atoms. The Hall–Kier alpha value is -0.870. The van der Waals surface area contributed by atoms with Crippen LogP contribution in [-0.2, 0) is 23.7 Å². The number of hydrogen-bond donors (Lipinski definition) is 1. The summed E-state index contributed by atoms with van der Waals surface area (Å²) >= 11 is 0. The predicted octanol–water partition coefficient (Wildman–Crippen LogP) is 2.87. The molecule has 1 aromatic heterocycles. The van der Waals surface area contributed by atoms with Gasteiger partial charge < -0.3 is 10.1 Å². The molecule has 4 nitrogen and oxygen atoms in total. The molecule has 4 heteroatoms. The Bertz CT molecular complexity index is 416. The van der Waals surface area contributed by atoms with Crippen LogP contribution in [0.25, 0.3) is 0 Å². The highest BCUT2D eigenvalue weighted by atomic mass is 16.5. The second-order valence-electron chi connectivity index (χ2n) is 7.44. The SMILES string of the molecule is COCCC(C)(C)CNCc1cn(C)nc1C(C)(C)C. The van der Waals surface area contributed by atoms with Crippen molar-refractivity contribution < 1.29 is 4.74 Å². The van der Waals surface area contributed by atoms with Crippen molar-refractivity contribution in [3.8, 4) is 0 Å². The third kappa shape index (κ3) is 5.25. The number of rotatable bonds is 7. The second-order valence-corrected chi connectivity index (χ2v) is 7.44. The average molecular weight is 281 g/mol. The number of nitrogens with one attached hydrogen (secondary N) is 1. The topological polar surface area (TPSA) is 39.1 Å². The minimum Gasteiger partial charge on any atom is -0.385 e. The number of ether oxygens (including phenoxy) is 1. The molecule has 0 amide bonds. The van der Waals surface area contributed by atoms with Crippen LogP contribution in [0, 0.1) is 5.41 Å². The predicted molar refractivity (Wildman–Crippen MR) is 83.9 cm³/mol. The van der Waals surface area contributed by atoms with E-state index >= 15 is 0 Å². The minimum absolute atomic E-state index is 0.0871. The Morgan fingerprint density at radius 3 is 2.45 bits per heavy atom. The van der Waals surface area contributed by atoms with E-state index in [1.54, 1.807) is 7.11 Å². The van der Waals surface area contributed by atoms with Crippen LogP contribution in [0.5, 0.6) is 0 Å². The normalized spacial score (nSPS) is 12.9. The van der Waals surface area contributed by atoms with Crippen molar-refractivity contribution in [2.75, 3.05) is 20.3 Å². The van der Waals surface area contributed by atoms with Gasteiger partial charge in [-0.1, -0.05) is 34.6 Å². The maximum absolute atomic E-state index is 5.17. The summed E-state index contributed by atoms with van der Waals surface area (Å²) in [7, 11) is 3.75. The Labute approximate surface area is 123 Å². The van der Waals surface area contributed by atoms with E-state index in [2.05, 4.69) is 51.2 Å². The zero-order valence-electron chi connectivity index (χ0n) is 14.2. The lowest BCUT2D eigenvalue weighted by atomic mass is 9.88. The summed E-state index contributed by atoms with van der Waals surface area (Å²) in [5, 5.41) is 8.17. The number of aromatic nitrogens is 2. The summed E-state index contributed by atoms with van der Waals surface area (Å²) in [4.78, 5) is 0. The molecule has 0 unspecified atom stereocenters. The quantitative estimate of drug-likeness (QED) is 0.835. The Balaban J connectivity index is 2.58. The maximum Gasteiger partial charge on any atom is 0.0722 e. The van der Waals surface area contributed by atoms with E-state index in [1.807, 2.05) is 11.7 Å². The summed E-state index contributed by atoms with van der Waals surface area (Å²) in [5.74, 6) is 0. The van der Waals surface area contributed by atoms with E-state index in [4.69, 9.17) is 4.74 Å². The fourth-order valence-electron chi connectivity index (χ4n) is 2.30. The second kappa shape index (κ2) is 6.72. The molecule has 1 heterocycles. The van der Waals surface area contributed by atoms with E-state index in [-0.39, 0.29) is 10.8 Å². The van der Waals surface area contributed by atoms with Crippen LogP contribution in [0.3, 0.4) is 0 Å². The Morgan fingerprint density at radius 2 is 1.90 bits per heavy atom. The zero-order chi connectivity index (χ0) is 15.4. The van der Waals surface area contributed by atoms with Crippen molar-refractivity contribution in [3.05, 3.63) is 17.5 Å². The highest BCUT2D eigenvalue weighted by molar-refractivity contribution is 5.23. The fraction of sp³-hybridized carbons (Fsp3) is 0.812. The first kappa shape index (κ1) is 17.2. The first-order valence-electron chi connectivity index (χ1n) is 7.38. The third-order valence-corrected chi connectivity index (χ3v) is 3.52. The van der Waals surface area contributed by atoms with Gasteiger partial charge in [0.05, 0.1) is 5.69 Å². The molecule has 0 bridgehead atoms. The number of hydrogen-bond acceptors (Lipinski definition) is 3. The standard InChI is InChI=1S/C16H31N3O/c1-15(2,3)14-13(11-19(6)18-14)10-17-12-16(4,5)8-9-20-7/h11,17H,8-10,12H2,1-7H3. The van der Waals surface area contributed by atoms with E-state index in [0.29, 0.717) is 0 Å². The van der Waals surface area contributed by atoms with E-state index < -0.39 is 0 Å². The lowest BCUT2D eigenvalue weighted by molar-refractivity contribution is 0.150. The molecular formula is C16H31N3O. The van der Waals surface area contributed by atoms with Gasteiger partial charge >= 0.3 is 0 Å². The molecule has 0 saturated carbocycles. The smallest absolute Gasteiger partial charge is 0.0722 e. The average Bonchev–Trinajstić information content (AvgIpc) is 2.67. The molecule has 1 aromatic rings. The van der Waals surface area contributed by atoms with Gasteiger partial charge in [0, 0.05) is 51.0 Å². The number of nitrogens with zero attached hydrogens (tertiary/aromatic N) is 2. The van der Waals surface area contributed by atoms with Crippen LogP contribution in [0.2, 0.25) is 0 Å². The monoisotopic (exact) mass is 281 g/mol. The molecule has 1 N–H and O–H groups in total. The molecule has 0 aliphatic rings. The molecule has 1 rings (SSSR count). The highest BCUT2D eigenvalue weighted by Gasteiger charge is 2.22. The first-order valence-corrected chi connectivity index (χ1v) is 7.38. The lowest BCUT2D eigenvalue weighted by Gasteiger charge is -2.25. The van der Waals surface area contributed by atoms with Crippen molar-refractivity contribution in [2.24, 2.45) is 12.5 Å². The first-order chi connectivity index (χ1) is 9.15. The molecule has 0 aliphatic heterocycles.